The van der Waals surface area contributed by atoms with Crippen molar-refractivity contribution in [2.45, 2.75) is 0 Å². The second-order valence-corrected chi connectivity index (χ2v) is 3.78. The summed E-state index contributed by atoms with van der Waals surface area (Å²) >= 11 is 0. The Kier molecular flexibility index (Phi) is 2.01. The van der Waals surface area contributed by atoms with Gasteiger partial charge in [0.2, 0.25) is 0 Å². The molecular weight excluding hydrogens is 216 g/mol. The van der Waals surface area contributed by atoms with Crippen molar-refractivity contribution in [2.24, 2.45) is 0 Å². The van der Waals surface area contributed by atoms with E-state index >= 15 is 0 Å². The molecule has 2 heterocycles. The molecule has 1 aromatic heterocycles. The van der Waals surface area contributed by atoms with Crippen molar-refractivity contribution in [3.05, 3.63) is 48.3 Å². The molecule has 3 rings (SSSR count). The second-order valence-electron chi connectivity index (χ2n) is 3.78. The van der Waals surface area contributed by atoms with Gasteiger partial charge in [0.05, 0.1) is 11.3 Å². The van der Waals surface area contributed by atoms with Crippen LogP contribution < -0.4 is 5.32 Å². The number of benzene rings is 1. The fraction of sp³-hybridized carbons (Fsp3) is 0. The minimum Gasteiger partial charge on any atom is -0.318 e. The molecule has 0 bridgehead atoms. The number of hydrogen-bond acceptors (Lipinski definition) is 3. The van der Waals surface area contributed by atoms with Gasteiger partial charge in [-0.05, 0) is 35.4 Å². The van der Waals surface area contributed by atoms with Gasteiger partial charge in [0, 0.05) is 12.4 Å². The average molecular weight is 224 g/mol. The lowest BCUT2D eigenvalue weighted by Gasteiger charge is -2.03. The van der Waals surface area contributed by atoms with Crippen LogP contribution in [0, 0.1) is 0 Å². The number of nitrogens with one attached hydrogen (secondary N) is 1. The highest BCUT2D eigenvalue weighted by molar-refractivity contribution is 6.51. The summed E-state index contributed by atoms with van der Waals surface area (Å²) in [4.78, 5) is 26.7. The van der Waals surface area contributed by atoms with Gasteiger partial charge in [-0.2, -0.15) is 0 Å². The molecule has 17 heavy (non-hydrogen) atoms. The van der Waals surface area contributed by atoms with Crippen LogP contribution in [0.4, 0.5) is 5.69 Å². The molecule has 0 saturated heterocycles. The largest absolute Gasteiger partial charge is 0.318 e. The van der Waals surface area contributed by atoms with Crippen LogP contribution in [0.3, 0.4) is 0 Å². The van der Waals surface area contributed by atoms with Crippen molar-refractivity contribution >= 4 is 17.4 Å². The molecule has 1 N–H and O–H groups in total. The summed E-state index contributed by atoms with van der Waals surface area (Å²) in [5, 5.41) is 2.52. The van der Waals surface area contributed by atoms with Gasteiger partial charge in [-0.3, -0.25) is 14.6 Å². The maximum atomic E-state index is 11.6. The molecular formula is C13H8N2O2. The number of carbonyl (C=O) groups excluding carboxylic acids is 2. The van der Waals surface area contributed by atoms with Gasteiger partial charge in [-0.25, -0.2) is 0 Å². The number of amides is 1. The smallest absolute Gasteiger partial charge is 0.296 e. The van der Waals surface area contributed by atoms with Gasteiger partial charge in [0.1, 0.15) is 0 Å². The molecule has 0 saturated carbocycles. The molecule has 0 fully saturated rings. The zero-order valence-corrected chi connectivity index (χ0v) is 8.81. The zero-order valence-electron chi connectivity index (χ0n) is 8.81. The molecule has 1 aliphatic heterocycles. The maximum absolute atomic E-state index is 11.6. The van der Waals surface area contributed by atoms with E-state index in [1.165, 1.54) is 0 Å². The topological polar surface area (TPSA) is 59.1 Å². The highest BCUT2D eigenvalue weighted by atomic mass is 16.2. The van der Waals surface area contributed by atoms with Crippen molar-refractivity contribution in [1.29, 1.82) is 0 Å². The molecule has 82 valence electrons. The van der Waals surface area contributed by atoms with Crippen molar-refractivity contribution in [3.63, 3.8) is 0 Å². The Bertz CT molecular complexity index is 621. The van der Waals surface area contributed by atoms with Gasteiger partial charge in [-0.15, -0.1) is 0 Å². The monoisotopic (exact) mass is 224 g/mol. The number of anilines is 1. The lowest BCUT2D eigenvalue weighted by Crippen LogP contribution is -2.12. The quantitative estimate of drug-likeness (QED) is 0.752. The highest BCUT2D eigenvalue weighted by Gasteiger charge is 2.27. The van der Waals surface area contributed by atoms with E-state index in [0.29, 0.717) is 11.3 Å². The maximum Gasteiger partial charge on any atom is 0.296 e. The van der Waals surface area contributed by atoms with E-state index in [0.717, 1.165) is 11.1 Å². The lowest BCUT2D eigenvalue weighted by molar-refractivity contribution is -0.112. The molecule has 0 unspecified atom stereocenters. The number of carbonyl (C=O) groups is 2. The minimum atomic E-state index is -0.563. The van der Waals surface area contributed by atoms with Crippen LogP contribution in [0.5, 0.6) is 0 Å². The molecule has 4 nitrogen and oxygen atoms in total. The Morgan fingerprint density at radius 1 is 0.941 bits per heavy atom. The van der Waals surface area contributed by atoms with Gasteiger partial charge in [0.25, 0.3) is 11.7 Å². The van der Waals surface area contributed by atoms with Crippen LogP contribution in [0.2, 0.25) is 0 Å². The van der Waals surface area contributed by atoms with Gasteiger partial charge in [0.15, 0.2) is 0 Å². The second kappa shape index (κ2) is 3.52. The first-order valence-corrected chi connectivity index (χ1v) is 5.16. The third kappa shape index (κ3) is 1.50. The number of aromatic nitrogens is 1. The van der Waals surface area contributed by atoms with Crippen molar-refractivity contribution < 1.29 is 9.59 Å². The summed E-state index contributed by atoms with van der Waals surface area (Å²) in [5.41, 5.74) is 2.88. The summed E-state index contributed by atoms with van der Waals surface area (Å²) < 4.78 is 0. The van der Waals surface area contributed by atoms with E-state index < -0.39 is 11.7 Å². The van der Waals surface area contributed by atoms with Gasteiger partial charge in [-0.1, -0.05) is 6.07 Å². The number of ketones is 1. The first kappa shape index (κ1) is 9.72. The van der Waals surface area contributed by atoms with E-state index in [1.54, 1.807) is 24.5 Å². The first-order chi connectivity index (χ1) is 8.25. The van der Waals surface area contributed by atoms with Crippen LogP contribution >= 0.6 is 0 Å². The third-order valence-electron chi connectivity index (χ3n) is 2.73. The van der Waals surface area contributed by atoms with Crippen LogP contribution in [-0.2, 0) is 4.79 Å². The predicted molar refractivity (Wildman–Crippen MR) is 62.6 cm³/mol. The van der Waals surface area contributed by atoms with Crippen molar-refractivity contribution in [3.8, 4) is 11.1 Å². The van der Waals surface area contributed by atoms with E-state index in [9.17, 15) is 9.59 Å². The first-order valence-electron chi connectivity index (χ1n) is 5.16. The number of rotatable bonds is 1. The van der Waals surface area contributed by atoms with Crippen molar-refractivity contribution in [1.82, 2.24) is 4.98 Å². The molecule has 2 aromatic rings. The fourth-order valence-electron chi connectivity index (χ4n) is 1.87. The normalized spacial score (nSPS) is 13.4. The summed E-state index contributed by atoms with van der Waals surface area (Å²) in [5.74, 6) is -1.04. The van der Waals surface area contributed by atoms with Crippen molar-refractivity contribution in [2.75, 3.05) is 5.32 Å². The van der Waals surface area contributed by atoms with E-state index in [4.69, 9.17) is 0 Å². The van der Waals surface area contributed by atoms with Crippen LogP contribution in [0.25, 0.3) is 11.1 Å². The van der Waals surface area contributed by atoms with Gasteiger partial charge >= 0.3 is 0 Å². The molecule has 1 amide bonds. The number of Topliss-reactive ketones (excluding diaryl/α,β-unsaturated/α-hetero) is 1. The summed E-state index contributed by atoms with van der Waals surface area (Å²) in [7, 11) is 0. The number of hydrogen-bond donors (Lipinski definition) is 1. The number of nitrogens with zero attached hydrogens (tertiary/aromatic N) is 1. The van der Waals surface area contributed by atoms with E-state index in [1.807, 2.05) is 18.2 Å². The van der Waals surface area contributed by atoms with Crippen LogP contribution in [0.15, 0.2) is 42.7 Å². The Labute approximate surface area is 97.3 Å². The predicted octanol–water partition coefficient (Wildman–Crippen LogP) is 1.88. The van der Waals surface area contributed by atoms with Crippen LogP contribution in [0.1, 0.15) is 10.4 Å². The Hall–Kier alpha value is -2.49. The zero-order chi connectivity index (χ0) is 11.8. The van der Waals surface area contributed by atoms with E-state index in [-0.39, 0.29) is 0 Å². The average Bonchev–Trinajstić information content (AvgIpc) is 2.66. The van der Waals surface area contributed by atoms with E-state index in [2.05, 4.69) is 10.3 Å². The third-order valence-corrected chi connectivity index (χ3v) is 2.73. The number of pyridine rings is 1. The summed E-state index contributed by atoms with van der Waals surface area (Å²) in [6.07, 6.45) is 3.38. The summed E-state index contributed by atoms with van der Waals surface area (Å²) in [6.45, 7) is 0. The Balaban J connectivity index is 2.12. The summed E-state index contributed by atoms with van der Waals surface area (Å²) in [6, 6.07) is 9.05. The molecule has 1 aliphatic rings. The molecule has 4 heteroatoms. The van der Waals surface area contributed by atoms with Gasteiger partial charge < -0.3 is 5.32 Å². The van der Waals surface area contributed by atoms with Crippen LogP contribution in [-0.4, -0.2) is 16.7 Å². The standard InChI is InChI=1S/C13H8N2O2/c16-12-10-7-9(8-3-5-14-6-4-8)1-2-11(10)15-13(12)17/h1-7H,(H,15,16,17). The Morgan fingerprint density at radius 3 is 2.47 bits per heavy atom. The molecule has 1 aromatic carbocycles. The fourth-order valence-corrected chi connectivity index (χ4v) is 1.87. The number of fused-ring (bicyclic) bond motifs is 1. The lowest BCUT2D eigenvalue weighted by atomic mass is 10.0. The highest BCUT2D eigenvalue weighted by Crippen LogP contribution is 2.28. The Morgan fingerprint density at radius 2 is 1.71 bits per heavy atom. The minimum absolute atomic E-state index is 0.435. The molecule has 0 spiro atoms. The molecule has 0 aliphatic carbocycles. The molecule has 0 atom stereocenters. The molecule has 0 radical (unpaired) electrons. The SMILES string of the molecule is O=C1Nc2ccc(-c3ccncc3)cc2C1=O.